The number of pyridine rings is 1. The van der Waals surface area contributed by atoms with Gasteiger partial charge < -0.3 is 14.7 Å². The van der Waals surface area contributed by atoms with Gasteiger partial charge in [0.15, 0.2) is 0 Å². The summed E-state index contributed by atoms with van der Waals surface area (Å²) in [4.78, 5) is 6.74. The first-order valence-corrected chi connectivity index (χ1v) is 7.05. The Kier molecular flexibility index (Phi) is 3.49. The van der Waals surface area contributed by atoms with Crippen LogP contribution in [-0.2, 0) is 0 Å². The molecule has 4 heteroatoms. The molecule has 2 heterocycles. The van der Waals surface area contributed by atoms with E-state index < -0.39 is 0 Å². The second kappa shape index (κ2) is 5.29. The zero-order chi connectivity index (χ0) is 14.1. The van der Waals surface area contributed by atoms with E-state index in [1.54, 1.807) is 7.11 Å². The third-order valence-corrected chi connectivity index (χ3v) is 4.31. The van der Waals surface area contributed by atoms with Gasteiger partial charge in [-0.3, -0.25) is 4.98 Å². The van der Waals surface area contributed by atoms with Gasteiger partial charge in [0.25, 0.3) is 0 Å². The van der Waals surface area contributed by atoms with Crippen LogP contribution in [0.1, 0.15) is 13.3 Å². The molecule has 2 atom stereocenters. The Labute approximate surface area is 119 Å². The Morgan fingerprint density at radius 1 is 1.40 bits per heavy atom. The highest BCUT2D eigenvalue weighted by atomic mass is 16.5. The van der Waals surface area contributed by atoms with Crippen molar-refractivity contribution in [3.8, 4) is 5.75 Å². The van der Waals surface area contributed by atoms with E-state index in [4.69, 9.17) is 4.74 Å². The van der Waals surface area contributed by atoms with Gasteiger partial charge in [0.05, 0.1) is 19.8 Å². The standard InChI is InChI=1S/C16H20N2O2/c1-11-7-9-18(14(11)10-19)13-6-8-17-16-12(13)4-3-5-15(16)20-2/h3-6,8,11,14,19H,7,9-10H2,1-2H3. The number of ether oxygens (including phenoxy) is 1. The lowest BCUT2D eigenvalue weighted by molar-refractivity contribution is 0.245. The van der Waals surface area contributed by atoms with E-state index in [9.17, 15) is 5.11 Å². The highest BCUT2D eigenvalue weighted by Gasteiger charge is 2.31. The molecule has 3 rings (SSSR count). The summed E-state index contributed by atoms with van der Waals surface area (Å²) in [6, 6.07) is 8.20. The van der Waals surface area contributed by atoms with Crippen molar-refractivity contribution in [1.29, 1.82) is 0 Å². The van der Waals surface area contributed by atoms with Crippen molar-refractivity contribution in [3.63, 3.8) is 0 Å². The summed E-state index contributed by atoms with van der Waals surface area (Å²) in [7, 11) is 1.66. The van der Waals surface area contributed by atoms with E-state index in [1.807, 2.05) is 24.4 Å². The van der Waals surface area contributed by atoms with Gasteiger partial charge in [-0.1, -0.05) is 19.1 Å². The molecule has 1 N–H and O–H groups in total. The van der Waals surface area contributed by atoms with Crippen LogP contribution in [-0.4, -0.2) is 36.4 Å². The number of aliphatic hydroxyl groups is 1. The van der Waals surface area contributed by atoms with E-state index in [0.29, 0.717) is 5.92 Å². The smallest absolute Gasteiger partial charge is 0.145 e. The highest BCUT2D eigenvalue weighted by molar-refractivity contribution is 5.95. The largest absolute Gasteiger partial charge is 0.494 e. The number of benzene rings is 1. The number of anilines is 1. The van der Waals surface area contributed by atoms with E-state index in [0.717, 1.165) is 35.3 Å². The van der Waals surface area contributed by atoms with Crippen molar-refractivity contribution in [2.75, 3.05) is 25.2 Å². The zero-order valence-corrected chi connectivity index (χ0v) is 11.9. The first-order valence-electron chi connectivity index (χ1n) is 7.05. The average molecular weight is 272 g/mol. The van der Waals surface area contributed by atoms with Gasteiger partial charge in [-0.25, -0.2) is 0 Å². The highest BCUT2D eigenvalue weighted by Crippen LogP contribution is 2.36. The van der Waals surface area contributed by atoms with Crippen LogP contribution in [0.5, 0.6) is 5.75 Å². The van der Waals surface area contributed by atoms with Crippen molar-refractivity contribution in [1.82, 2.24) is 4.98 Å². The molecular formula is C16H20N2O2. The van der Waals surface area contributed by atoms with Gasteiger partial charge in [-0.15, -0.1) is 0 Å². The van der Waals surface area contributed by atoms with Crippen LogP contribution in [0.3, 0.4) is 0 Å². The Hall–Kier alpha value is -1.81. The molecule has 20 heavy (non-hydrogen) atoms. The van der Waals surface area contributed by atoms with Gasteiger partial charge in [-0.2, -0.15) is 0 Å². The first-order chi connectivity index (χ1) is 9.76. The predicted molar refractivity (Wildman–Crippen MR) is 80.3 cm³/mol. The van der Waals surface area contributed by atoms with Crippen LogP contribution >= 0.6 is 0 Å². The maximum absolute atomic E-state index is 9.66. The predicted octanol–water partition coefficient (Wildman–Crippen LogP) is 2.45. The number of hydrogen-bond acceptors (Lipinski definition) is 4. The maximum Gasteiger partial charge on any atom is 0.145 e. The van der Waals surface area contributed by atoms with E-state index in [2.05, 4.69) is 22.9 Å². The van der Waals surface area contributed by atoms with Gasteiger partial charge in [0.1, 0.15) is 11.3 Å². The second-order valence-electron chi connectivity index (χ2n) is 5.40. The van der Waals surface area contributed by atoms with E-state index in [-0.39, 0.29) is 12.6 Å². The molecule has 0 amide bonds. The molecule has 0 spiro atoms. The molecule has 106 valence electrons. The molecule has 1 fully saturated rings. The second-order valence-corrected chi connectivity index (χ2v) is 5.40. The Bertz CT molecular complexity index is 614. The Morgan fingerprint density at radius 3 is 3.00 bits per heavy atom. The first kappa shape index (κ1) is 13.2. The lowest BCUT2D eigenvalue weighted by atomic mass is 10.0. The van der Waals surface area contributed by atoms with Crippen molar-refractivity contribution < 1.29 is 9.84 Å². The Balaban J connectivity index is 2.12. The van der Waals surface area contributed by atoms with Crippen molar-refractivity contribution >= 4 is 16.6 Å². The van der Waals surface area contributed by atoms with Crippen LogP contribution in [0.4, 0.5) is 5.69 Å². The maximum atomic E-state index is 9.66. The number of hydrogen-bond donors (Lipinski definition) is 1. The number of aromatic nitrogens is 1. The molecule has 1 aliphatic heterocycles. The number of para-hydroxylation sites is 1. The molecule has 0 saturated carbocycles. The minimum atomic E-state index is 0.187. The van der Waals surface area contributed by atoms with E-state index in [1.165, 1.54) is 0 Å². The van der Waals surface area contributed by atoms with Crippen molar-refractivity contribution in [3.05, 3.63) is 30.5 Å². The SMILES string of the molecule is COc1cccc2c(N3CCC(C)C3CO)ccnc12. The molecule has 4 nitrogen and oxygen atoms in total. The number of rotatable bonds is 3. The monoisotopic (exact) mass is 272 g/mol. The minimum absolute atomic E-state index is 0.187. The van der Waals surface area contributed by atoms with Gasteiger partial charge in [0, 0.05) is 23.8 Å². The van der Waals surface area contributed by atoms with Gasteiger partial charge in [-0.05, 0) is 24.5 Å². The molecule has 2 aromatic rings. The molecule has 2 unspecified atom stereocenters. The molecule has 0 radical (unpaired) electrons. The zero-order valence-electron chi connectivity index (χ0n) is 11.9. The van der Waals surface area contributed by atoms with Crippen LogP contribution in [0.15, 0.2) is 30.5 Å². The minimum Gasteiger partial charge on any atom is -0.494 e. The summed E-state index contributed by atoms with van der Waals surface area (Å²) in [6.45, 7) is 3.36. The molecule has 0 aliphatic carbocycles. The van der Waals surface area contributed by atoms with Crippen LogP contribution < -0.4 is 9.64 Å². The summed E-state index contributed by atoms with van der Waals surface area (Å²) < 4.78 is 5.39. The number of methoxy groups -OCH3 is 1. The average Bonchev–Trinajstić information content (AvgIpc) is 2.86. The molecule has 1 saturated heterocycles. The Morgan fingerprint density at radius 2 is 2.25 bits per heavy atom. The van der Waals surface area contributed by atoms with Gasteiger partial charge >= 0.3 is 0 Å². The fraction of sp³-hybridized carbons (Fsp3) is 0.438. The lowest BCUT2D eigenvalue weighted by Gasteiger charge is -2.28. The molecule has 1 aliphatic rings. The third-order valence-electron chi connectivity index (χ3n) is 4.31. The number of fused-ring (bicyclic) bond motifs is 1. The van der Waals surface area contributed by atoms with Crippen LogP contribution in [0.2, 0.25) is 0 Å². The number of nitrogens with zero attached hydrogens (tertiary/aromatic N) is 2. The molecule has 0 bridgehead atoms. The fourth-order valence-electron chi connectivity index (χ4n) is 3.14. The molecule has 1 aromatic carbocycles. The van der Waals surface area contributed by atoms with Crippen molar-refractivity contribution in [2.45, 2.75) is 19.4 Å². The van der Waals surface area contributed by atoms with E-state index >= 15 is 0 Å². The summed E-state index contributed by atoms with van der Waals surface area (Å²) >= 11 is 0. The summed E-state index contributed by atoms with van der Waals surface area (Å²) in [5.74, 6) is 1.30. The van der Waals surface area contributed by atoms with Crippen molar-refractivity contribution in [2.24, 2.45) is 5.92 Å². The van der Waals surface area contributed by atoms with Crippen LogP contribution in [0.25, 0.3) is 10.9 Å². The fourth-order valence-corrected chi connectivity index (χ4v) is 3.14. The van der Waals surface area contributed by atoms with Crippen LogP contribution in [0, 0.1) is 5.92 Å². The lowest BCUT2D eigenvalue weighted by Crippen LogP contribution is -2.35. The van der Waals surface area contributed by atoms with Gasteiger partial charge in [0.2, 0.25) is 0 Å². The quantitative estimate of drug-likeness (QED) is 0.932. The molecular weight excluding hydrogens is 252 g/mol. The molecule has 1 aromatic heterocycles. The summed E-state index contributed by atoms with van der Waals surface area (Å²) in [5.41, 5.74) is 2.01. The topological polar surface area (TPSA) is 45.6 Å². The normalized spacial score (nSPS) is 22.4. The number of aliphatic hydroxyl groups excluding tert-OH is 1. The third kappa shape index (κ3) is 2.00. The summed E-state index contributed by atoms with van der Waals surface area (Å²) in [5, 5.41) is 10.7. The summed E-state index contributed by atoms with van der Waals surface area (Å²) in [6.07, 6.45) is 2.93.